The van der Waals surface area contributed by atoms with Gasteiger partial charge in [0, 0.05) is 21.0 Å². The maximum atomic E-state index is 5.55. The van der Waals surface area contributed by atoms with Gasteiger partial charge in [-0.1, -0.05) is 47.0 Å². The third-order valence-electron chi connectivity index (χ3n) is 4.93. The minimum absolute atomic E-state index is 0.607. The van der Waals surface area contributed by atoms with Crippen LogP contribution in [0.4, 0.5) is 0 Å². The molecule has 6 atom stereocenters. The second-order valence-electron chi connectivity index (χ2n) is 5.86. The molecule has 2 fully saturated rings. The van der Waals surface area contributed by atoms with Crippen molar-refractivity contribution in [2.45, 2.75) is 27.4 Å². The Morgan fingerprint density at radius 1 is 0.565 bits per heavy atom. The van der Waals surface area contributed by atoms with Crippen molar-refractivity contribution in [3.05, 3.63) is 20.4 Å². The van der Waals surface area contributed by atoms with E-state index >= 15 is 0 Å². The fourth-order valence-corrected chi connectivity index (χ4v) is 10.7. The van der Waals surface area contributed by atoms with Crippen LogP contribution in [-0.4, -0.2) is 49.4 Å². The van der Waals surface area contributed by atoms with Gasteiger partial charge in [-0.25, -0.2) is 0 Å². The lowest BCUT2D eigenvalue weighted by atomic mass is 9.98. The molecule has 23 heavy (non-hydrogen) atoms. The fraction of sp³-hybridized carbons (Fsp3) is 0.733. The number of fused-ring (bicyclic) bond motifs is 8. The Bertz CT molecular complexity index is 472. The van der Waals surface area contributed by atoms with Gasteiger partial charge in [0.2, 0.25) is 20.4 Å². The number of rotatable bonds is 4. The molecule has 2 saturated carbocycles. The number of thioether (sulfide) groups is 4. The normalized spacial score (nSPS) is 41.6. The highest BCUT2D eigenvalue weighted by Gasteiger charge is 2.62. The van der Waals surface area contributed by atoms with Gasteiger partial charge in [-0.05, 0) is 18.3 Å². The van der Waals surface area contributed by atoms with Crippen molar-refractivity contribution in [2.75, 3.05) is 28.4 Å². The van der Waals surface area contributed by atoms with Crippen molar-refractivity contribution in [3.8, 4) is 0 Å². The van der Waals surface area contributed by atoms with Crippen molar-refractivity contribution >= 4 is 47.0 Å². The van der Waals surface area contributed by atoms with Crippen LogP contribution in [0.2, 0.25) is 0 Å². The molecule has 0 radical (unpaired) electrons. The molecular formula is C15H20O4S4. The number of ether oxygens (including phenoxy) is 4. The van der Waals surface area contributed by atoms with E-state index in [0.29, 0.717) is 32.8 Å². The van der Waals surface area contributed by atoms with E-state index in [1.165, 1.54) is 6.42 Å². The summed E-state index contributed by atoms with van der Waals surface area (Å²) in [5.74, 6) is 1.38. The largest absolute Gasteiger partial charge is 0.487 e. The van der Waals surface area contributed by atoms with Crippen LogP contribution in [0.5, 0.6) is 0 Å². The zero-order valence-corrected chi connectivity index (χ0v) is 16.7. The van der Waals surface area contributed by atoms with E-state index in [-0.39, 0.29) is 0 Å². The zero-order valence-electron chi connectivity index (χ0n) is 13.4. The van der Waals surface area contributed by atoms with Gasteiger partial charge < -0.3 is 18.9 Å². The Hall–Kier alpha value is 0.0800. The monoisotopic (exact) mass is 392 g/mol. The summed E-state index contributed by atoms with van der Waals surface area (Å²) >= 11 is 7.48. The van der Waals surface area contributed by atoms with Crippen LogP contribution < -0.4 is 0 Å². The van der Waals surface area contributed by atoms with Gasteiger partial charge in [-0.3, -0.25) is 0 Å². The lowest BCUT2D eigenvalue weighted by molar-refractivity contribution is 0.261. The molecule has 2 aliphatic carbocycles. The Morgan fingerprint density at radius 2 is 0.826 bits per heavy atom. The minimum atomic E-state index is 0.607. The Morgan fingerprint density at radius 3 is 1.04 bits per heavy atom. The van der Waals surface area contributed by atoms with Crippen LogP contribution in [-0.2, 0) is 18.9 Å². The predicted molar refractivity (Wildman–Crippen MR) is 99.2 cm³/mol. The van der Waals surface area contributed by atoms with E-state index in [9.17, 15) is 0 Å². The number of methoxy groups -OCH3 is 4. The molecule has 2 bridgehead atoms. The first kappa shape index (κ1) is 16.5. The van der Waals surface area contributed by atoms with E-state index < -0.39 is 0 Å². The molecule has 0 aromatic carbocycles. The quantitative estimate of drug-likeness (QED) is 0.713. The van der Waals surface area contributed by atoms with Crippen LogP contribution in [0.1, 0.15) is 6.42 Å². The topological polar surface area (TPSA) is 36.9 Å². The average molecular weight is 393 g/mol. The molecule has 2 aliphatic heterocycles. The van der Waals surface area contributed by atoms with Crippen molar-refractivity contribution in [2.24, 2.45) is 11.8 Å². The molecule has 0 aromatic heterocycles. The maximum absolute atomic E-state index is 5.55. The molecule has 0 aromatic rings. The molecule has 4 rings (SSSR count). The minimum Gasteiger partial charge on any atom is -0.487 e. The van der Waals surface area contributed by atoms with Crippen molar-refractivity contribution < 1.29 is 18.9 Å². The highest BCUT2D eigenvalue weighted by molar-refractivity contribution is 8.12. The highest BCUT2D eigenvalue weighted by Crippen LogP contribution is 2.67. The summed E-state index contributed by atoms with van der Waals surface area (Å²) in [5, 5.41) is 6.19. The van der Waals surface area contributed by atoms with Crippen LogP contribution >= 0.6 is 47.0 Å². The van der Waals surface area contributed by atoms with Gasteiger partial charge in [0.15, 0.2) is 0 Å². The SMILES string of the molecule is COC1=C(OC)S[C@H]2C3CC([C@H]2S1)[C@@H]1SC(OC)=C(OC)S[C@H]31. The van der Waals surface area contributed by atoms with Crippen LogP contribution in [0.15, 0.2) is 20.4 Å². The van der Waals surface area contributed by atoms with Crippen molar-refractivity contribution in [1.29, 1.82) is 0 Å². The highest BCUT2D eigenvalue weighted by atomic mass is 32.2. The third-order valence-corrected chi connectivity index (χ3v) is 11.5. The molecule has 0 saturated heterocycles. The Kier molecular flexibility index (Phi) is 4.62. The van der Waals surface area contributed by atoms with E-state index in [4.69, 9.17) is 18.9 Å². The smallest absolute Gasteiger partial charge is 0.202 e. The van der Waals surface area contributed by atoms with E-state index in [1.54, 1.807) is 28.4 Å². The third kappa shape index (κ3) is 2.47. The summed E-state index contributed by atoms with van der Waals surface area (Å²) in [6, 6.07) is 0. The van der Waals surface area contributed by atoms with Gasteiger partial charge in [0.25, 0.3) is 0 Å². The van der Waals surface area contributed by atoms with E-state index in [0.717, 1.165) is 20.4 Å². The fourth-order valence-electron chi connectivity index (χ4n) is 4.03. The average Bonchev–Trinajstić information content (AvgIpc) is 3.15. The molecule has 4 nitrogen and oxygen atoms in total. The number of hydrogen-bond donors (Lipinski definition) is 0. The van der Waals surface area contributed by atoms with Gasteiger partial charge in [-0.2, -0.15) is 0 Å². The van der Waals surface area contributed by atoms with Gasteiger partial charge in [-0.15, -0.1) is 0 Å². The summed E-state index contributed by atoms with van der Waals surface area (Å²) in [7, 11) is 6.94. The molecule has 2 unspecified atom stereocenters. The Balaban J connectivity index is 1.61. The second-order valence-corrected chi connectivity index (χ2v) is 10.5. The lowest BCUT2D eigenvalue weighted by Gasteiger charge is -2.43. The van der Waals surface area contributed by atoms with Gasteiger partial charge >= 0.3 is 0 Å². The standard InChI is InChI=1S/C15H20O4S4/c1-16-12-13(17-2)21-9-7-5-6(8(9)20-12)10-11(7)23-15(19-4)14(18-3)22-10/h6-11H,5H2,1-4H3/t6?,7?,8-,9+,10+,11-. The lowest BCUT2D eigenvalue weighted by Crippen LogP contribution is -2.44. The first-order valence-corrected chi connectivity index (χ1v) is 11.0. The number of hydrogen-bond acceptors (Lipinski definition) is 8. The summed E-state index contributed by atoms with van der Waals surface area (Å²) in [6.07, 6.45) is 1.28. The second kappa shape index (κ2) is 6.42. The molecule has 0 spiro atoms. The summed E-state index contributed by atoms with van der Waals surface area (Å²) in [4.78, 5) is 0. The summed E-state index contributed by atoms with van der Waals surface area (Å²) in [6.45, 7) is 0. The molecule has 8 heteroatoms. The molecule has 128 valence electrons. The van der Waals surface area contributed by atoms with Crippen molar-refractivity contribution in [3.63, 3.8) is 0 Å². The van der Waals surface area contributed by atoms with Crippen LogP contribution in [0.25, 0.3) is 0 Å². The molecule has 0 N–H and O–H groups in total. The van der Waals surface area contributed by atoms with Crippen LogP contribution in [0.3, 0.4) is 0 Å². The van der Waals surface area contributed by atoms with Crippen molar-refractivity contribution in [1.82, 2.24) is 0 Å². The van der Waals surface area contributed by atoms with Gasteiger partial charge in [0.1, 0.15) is 0 Å². The molecular weight excluding hydrogens is 372 g/mol. The maximum Gasteiger partial charge on any atom is 0.202 e. The predicted octanol–water partition coefficient (Wildman–Crippen LogP) is 3.91. The molecule has 2 heterocycles. The van der Waals surface area contributed by atoms with E-state index in [2.05, 4.69) is 0 Å². The molecule has 0 amide bonds. The zero-order chi connectivity index (χ0) is 16.1. The molecule has 4 aliphatic rings. The Labute approximate surface area is 153 Å². The summed E-state index contributed by atoms with van der Waals surface area (Å²) in [5.41, 5.74) is 0. The first-order chi connectivity index (χ1) is 11.2. The van der Waals surface area contributed by atoms with Gasteiger partial charge in [0.05, 0.1) is 28.4 Å². The van der Waals surface area contributed by atoms with E-state index in [1.807, 2.05) is 47.0 Å². The first-order valence-electron chi connectivity index (χ1n) is 7.53. The van der Waals surface area contributed by atoms with Crippen LogP contribution in [0, 0.1) is 11.8 Å². The summed E-state index contributed by atoms with van der Waals surface area (Å²) < 4.78 is 22.2.